The van der Waals surface area contributed by atoms with Crippen molar-refractivity contribution in [3.63, 3.8) is 0 Å². The Hall–Kier alpha value is -2.21. The van der Waals surface area contributed by atoms with Crippen LogP contribution < -0.4 is 10.1 Å². The maximum absolute atomic E-state index is 14.0. The third-order valence-corrected chi connectivity index (χ3v) is 5.05. The molecule has 0 aliphatic heterocycles. The predicted octanol–water partition coefficient (Wildman–Crippen LogP) is 4.53. The molecule has 0 saturated carbocycles. The summed E-state index contributed by atoms with van der Waals surface area (Å²) in [6, 6.07) is 10.2. The Morgan fingerprint density at radius 3 is 2.69 bits per heavy atom. The highest BCUT2D eigenvalue weighted by molar-refractivity contribution is 9.10. The number of Topliss-reactive ketones (excluding diaryl/α,β-unsaturated/α-hetero) is 1. The van der Waals surface area contributed by atoms with E-state index in [1.807, 2.05) is 38.1 Å². The van der Waals surface area contributed by atoms with E-state index >= 15 is 0 Å². The Morgan fingerprint density at radius 2 is 2.00 bits per heavy atom. The summed E-state index contributed by atoms with van der Waals surface area (Å²) in [5.41, 5.74) is 1.62. The van der Waals surface area contributed by atoms with Gasteiger partial charge in [-0.1, -0.05) is 35.0 Å². The number of nitrogens with one attached hydrogen (secondary N) is 1. The van der Waals surface area contributed by atoms with E-state index in [9.17, 15) is 14.0 Å². The zero-order valence-electron chi connectivity index (χ0n) is 14.5. The van der Waals surface area contributed by atoms with Gasteiger partial charge in [-0.25, -0.2) is 4.39 Å². The summed E-state index contributed by atoms with van der Waals surface area (Å²) in [7, 11) is 0. The van der Waals surface area contributed by atoms with Crippen molar-refractivity contribution >= 4 is 27.6 Å². The van der Waals surface area contributed by atoms with Crippen molar-refractivity contribution in [2.45, 2.75) is 32.2 Å². The Balaban J connectivity index is 1.65. The molecule has 0 aromatic heterocycles. The molecule has 2 aromatic carbocycles. The van der Waals surface area contributed by atoms with Crippen molar-refractivity contribution in [1.29, 1.82) is 0 Å². The lowest BCUT2D eigenvalue weighted by Crippen LogP contribution is -2.31. The van der Waals surface area contributed by atoms with Crippen molar-refractivity contribution in [2.24, 2.45) is 0 Å². The highest BCUT2D eigenvalue weighted by Gasteiger charge is 2.32. The first-order chi connectivity index (χ1) is 12.4. The summed E-state index contributed by atoms with van der Waals surface area (Å²) in [6.45, 7) is 3.45. The third-order valence-electron chi connectivity index (χ3n) is 4.52. The molecule has 136 valence electrons. The van der Waals surface area contributed by atoms with Crippen LogP contribution in [0, 0.1) is 5.82 Å². The van der Waals surface area contributed by atoms with Gasteiger partial charge in [-0.2, -0.15) is 0 Å². The largest absolute Gasteiger partial charge is 0.483 e. The lowest BCUT2D eigenvalue weighted by molar-refractivity contribution is -0.123. The van der Waals surface area contributed by atoms with Crippen molar-refractivity contribution in [1.82, 2.24) is 5.32 Å². The van der Waals surface area contributed by atoms with Gasteiger partial charge in [0.05, 0.1) is 11.6 Å². The number of ether oxygens (including phenoxy) is 1. The molecule has 0 bridgehead atoms. The molecule has 6 heteroatoms. The molecule has 1 N–H and O–H groups in total. The van der Waals surface area contributed by atoms with E-state index in [2.05, 4.69) is 21.2 Å². The van der Waals surface area contributed by atoms with Crippen molar-refractivity contribution in [2.75, 3.05) is 6.61 Å². The number of carbonyl (C=O) groups is 2. The van der Waals surface area contributed by atoms with E-state index in [0.29, 0.717) is 5.56 Å². The molecule has 2 aromatic rings. The van der Waals surface area contributed by atoms with Gasteiger partial charge in [-0.15, -0.1) is 0 Å². The Bertz CT molecular complexity index is 851. The molecule has 0 heterocycles. The lowest BCUT2D eigenvalue weighted by Gasteiger charge is -2.16. The maximum Gasteiger partial charge on any atom is 0.258 e. The van der Waals surface area contributed by atoms with E-state index in [-0.39, 0.29) is 48.0 Å². The number of fused-ring (bicyclic) bond motifs is 1. The van der Waals surface area contributed by atoms with Crippen molar-refractivity contribution in [3.05, 3.63) is 63.4 Å². The molecule has 3 rings (SSSR count). The summed E-state index contributed by atoms with van der Waals surface area (Å²) >= 11 is 3.37. The first-order valence-electron chi connectivity index (χ1n) is 8.40. The summed E-state index contributed by atoms with van der Waals surface area (Å²) in [5, 5.41) is 2.85. The van der Waals surface area contributed by atoms with Crippen LogP contribution in [0.4, 0.5) is 4.39 Å². The van der Waals surface area contributed by atoms with Crippen LogP contribution in [0.2, 0.25) is 0 Å². The monoisotopic (exact) mass is 419 g/mol. The fraction of sp³-hybridized carbons (Fsp3) is 0.300. The summed E-state index contributed by atoms with van der Waals surface area (Å²) in [5.74, 6) is -0.767. The molecule has 2 atom stereocenters. The fourth-order valence-electron chi connectivity index (χ4n) is 3.21. The van der Waals surface area contributed by atoms with E-state index < -0.39 is 5.82 Å². The number of halogens is 2. The number of hydrogen-bond donors (Lipinski definition) is 1. The molecule has 0 saturated heterocycles. The highest BCUT2D eigenvalue weighted by atomic mass is 79.9. The van der Waals surface area contributed by atoms with Gasteiger partial charge in [-0.05, 0) is 42.7 Å². The van der Waals surface area contributed by atoms with Crippen LogP contribution in [-0.2, 0) is 4.79 Å². The smallest absolute Gasteiger partial charge is 0.258 e. The number of hydrogen-bond acceptors (Lipinski definition) is 3. The quantitative estimate of drug-likeness (QED) is 0.773. The van der Waals surface area contributed by atoms with Gasteiger partial charge in [-0.3, -0.25) is 9.59 Å². The minimum Gasteiger partial charge on any atom is -0.483 e. The average Bonchev–Trinajstić information content (AvgIpc) is 2.90. The zero-order chi connectivity index (χ0) is 18.8. The second-order valence-electron chi connectivity index (χ2n) is 6.49. The van der Waals surface area contributed by atoms with Gasteiger partial charge in [0.1, 0.15) is 11.6 Å². The molecule has 1 aliphatic rings. The minimum absolute atomic E-state index is 0.148. The first kappa shape index (κ1) is 18.6. The standard InChI is InChI=1S/C20H19BrFNO3/c1-11-9-16(24)20-17(8-7-15(22)19(11)20)26-10-18(25)23-12(2)13-3-5-14(21)6-4-13/h3-8,11-12H,9-10H2,1-2H3,(H,23,25)/t11-,12+/m0/s1. The van der Waals surface area contributed by atoms with Gasteiger partial charge in [0, 0.05) is 16.5 Å². The Morgan fingerprint density at radius 1 is 1.31 bits per heavy atom. The zero-order valence-corrected chi connectivity index (χ0v) is 16.1. The van der Waals surface area contributed by atoms with Gasteiger partial charge in [0.15, 0.2) is 12.4 Å². The van der Waals surface area contributed by atoms with Crippen LogP contribution in [0.1, 0.15) is 53.7 Å². The van der Waals surface area contributed by atoms with Crippen LogP contribution in [-0.4, -0.2) is 18.3 Å². The Labute approximate surface area is 159 Å². The highest BCUT2D eigenvalue weighted by Crippen LogP contribution is 2.39. The van der Waals surface area contributed by atoms with Crippen LogP contribution in [0.3, 0.4) is 0 Å². The summed E-state index contributed by atoms with van der Waals surface area (Å²) in [6.07, 6.45) is 0.263. The SMILES string of the molecule is C[C@H]1CC(=O)c2c(OCC(=O)N[C@H](C)c3ccc(Br)cc3)ccc(F)c21. The first-order valence-corrected chi connectivity index (χ1v) is 9.19. The predicted molar refractivity (Wildman–Crippen MR) is 100.0 cm³/mol. The van der Waals surface area contributed by atoms with Crippen LogP contribution in [0.15, 0.2) is 40.9 Å². The van der Waals surface area contributed by atoms with E-state index in [1.54, 1.807) is 0 Å². The van der Waals surface area contributed by atoms with Crippen LogP contribution in [0.25, 0.3) is 0 Å². The topological polar surface area (TPSA) is 55.4 Å². The molecule has 0 fully saturated rings. The van der Waals surface area contributed by atoms with E-state index in [0.717, 1.165) is 10.0 Å². The molecular formula is C20H19BrFNO3. The second-order valence-corrected chi connectivity index (χ2v) is 7.41. The third kappa shape index (κ3) is 3.80. The van der Waals surface area contributed by atoms with Gasteiger partial charge in [0.25, 0.3) is 5.91 Å². The van der Waals surface area contributed by atoms with Gasteiger partial charge in [0.2, 0.25) is 0 Å². The molecule has 4 nitrogen and oxygen atoms in total. The molecule has 1 aliphatic carbocycles. The molecular weight excluding hydrogens is 401 g/mol. The number of amides is 1. The summed E-state index contributed by atoms with van der Waals surface area (Å²) < 4.78 is 20.5. The van der Waals surface area contributed by atoms with E-state index in [1.165, 1.54) is 12.1 Å². The number of rotatable bonds is 5. The van der Waals surface area contributed by atoms with Gasteiger partial charge < -0.3 is 10.1 Å². The number of carbonyl (C=O) groups excluding carboxylic acids is 2. The molecule has 1 amide bonds. The van der Waals surface area contributed by atoms with Crippen LogP contribution >= 0.6 is 15.9 Å². The molecule has 0 radical (unpaired) electrons. The lowest BCUT2D eigenvalue weighted by atomic mass is 10.0. The maximum atomic E-state index is 14.0. The van der Waals surface area contributed by atoms with Crippen molar-refractivity contribution < 1.29 is 18.7 Å². The van der Waals surface area contributed by atoms with Crippen molar-refractivity contribution in [3.8, 4) is 5.75 Å². The molecule has 0 unspecified atom stereocenters. The normalized spacial score (nSPS) is 16.9. The van der Waals surface area contributed by atoms with E-state index in [4.69, 9.17) is 4.74 Å². The minimum atomic E-state index is -0.404. The molecule has 0 spiro atoms. The van der Waals surface area contributed by atoms with Crippen LogP contribution in [0.5, 0.6) is 5.75 Å². The fourth-order valence-corrected chi connectivity index (χ4v) is 3.47. The molecule has 26 heavy (non-hydrogen) atoms. The number of ketones is 1. The van der Waals surface area contributed by atoms with Gasteiger partial charge >= 0.3 is 0 Å². The number of benzene rings is 2. The Kier molecular flexibility index (Phi) is 5.41. The summed E-state index contributed by atoms with van der Waals surface area (Å²) in [4.78, 5) is 24.3. The second kappa shape index (κ2) is 7.58. The average molecular weight is 420 g/mol.